The van der Waals surface area contributed by atoms with Gasteiger partial charge in [-0.25, -0.2) is 0 Å². The molecular weight excluding hydrogens is 296 g/mol. The van der Waals surface area contributed by atoms with E-state index in [9.17, 15) is 14.9 Å². The lowest BCUT2D eigenvalue weighted by molar-refractivity contribution is -0.144. The van der Waals surface area contributed by atoms with Crippen LogP contribution in [0.3, 0.4) is 0 Å². The van der Waals surface area contributed by atoms with Gasteiger partial charge in [-0.2, -0.15) is 10.4 Å². The molecule has 1 amide bonds. The minimum absolute atomic E-state index is 0.000541. The molecule has 0 aromatic carbocycles. The standard InChI is InChI=1S/C16H22N4O3/c1-6-23-15(21)9-20-12(5)14(11(4)19-20)7-13(8-17)16(22)18-10(2)3/h7,10H,6,9H2,1-5H3,(H,18,22)/b13-7+. The molecule has 0 atom stereocenters. The third-order valence-corrected chi connectivity index (χ3v) is 3.10. The number of aromatic nitrogens is 2. The van der Waals surface area contributed by atoms with Crippen molar-refractivity contribution in [2.75, 3.05) is 6.61 Å². The van der Waals surface area contributed by atoms with Crippen LogP contribution < -0.4 is 5.32 Å². The Labute approximate surface area is 135 Å². The fraction of sp³-hybridized carbons (Fsp3) is 0.500. The monoisotopic (exact) mass is 318 g/mol. The van der Waals surface area contributed by atoms with Crippen molar-refractivity contribution in [3.05, 3.63) is 22.5 Å². The van der Waals surface area contributed by atoms with E-state index in [-0.39, 0.29) is 24.1 Å². The number of amides is 1. The van der Waals surface area contributed by atoms with E-state index in [0.29, 0.717) is 23.6 Å². The van der Waals surface area contributed by atoms with E-state index in [0.717, 1.165) is 0 Å². The van der Waals surface area contributed by atoms with Gasteiger partial charge >= 0.3 is 5.97 Å². The maximum Gasteiger partial charge on any atom is 0.327 e. The molecular formula is C16H22N4O3. The largest absolute Gasteiger partial charge is 0.465 e. The van der Waals surface area contributed by atoms with Gasteiger partial charge in [0.05, 0.1) is 12.3 Å². The third kappa shape index (κ3) is 4.95. The number of rotatable bonds is 6. The number of aryl methyl sites for hydroxylation is 1. The van der Waals surface area contributed by atoms with Gasteiger partial charge in [0.15, 0.2) is 0 Å². The predicted octanol–water partition coefficient (Wildman–Crippen LogP) is 1.49. The summed E-state index contributed by atoms with van der Waals surface area (Å²) in [5.41, 5.74) is 1.99. The van der Waals surface area contributed by atoms with Crippen LogP contribution in [0.4, 0.5) is 0 Å². The molecule has 0 aliphatic heterocycles. The van der Waals surface area contributed by atoms with Crippen LogP contribution in [-0.2, 0) is 20.9 Å². The second kappa shape index (κ2) is 8.13. The number of hydrogen-bond acceptors (Lipinski definition) is 5. The quantitative estimate of drug-likeness (QED) is 0.487. The van der Waals surface area contributed by atoms with Crippen molar-refractivity contribution in [1.82, 2.24) is 15.1 Å². The van der Waals surface area contributed by atoms with Crippen LogP contribution in [0.2, 0.25) is 0 Å². The third-order valence-electron chi connectivity index (χ3n) is 3.10. The molecule has 0 unspecified atom stereocenters. The highest BCUT2D eigenvalue weighted by Crippen LogP contribution is 2.17. The summed E-state index contributed by atoms with van der Waals surface area (Å²) in [6, 6.07) is 1.84. The predicted molar refractivity (Wildman–Crippen MR) is 85.2 cm³/mol. The summed E-state index contributed by atoms with van der Waals surface area (Å²) < 4.78 is 6.41. The van der Waals surface area contributed by atoms with Crippen LogP contribution in [0.1, 0.15) is 37.7 Å². The summed E-state index contributed by atoms with van der Waals surface area (Å²) in [4.78, 5) is 23.6. The van der Waals surface area contributed by atoms with Crippen molar-refractivity contribution in [3.8, 4) is 6.07 Å². The van der Waals surface area contributed by atoms with Crippen molar-refractivity contribution >= 4 is 18.0 Å². The topological polar surface area (TPSA) is 97.0 Å². The normalized spacial score (nSPS) is 11.3. The lowest BCUT2D eigenvalue weighted by Crippen LogP contribution is -2.30. The van der Waals surface area contributed by atoms with Crippen molar-refractivity contribution in [2.24, 2.45) is 0 Å². The first-order valence-electron chi connectivity index (χ1n) is 7.42. The van der Waals surface area contributed by atoms with Crippen molar-refractivity contribution in [2.45, 2.75) is 47.2 Å². The Morgan fingerprint density at radius 1 is 1.43 bits per heavy atom. The van der Waals surface area contributed by atoms with Crippen molar-refractivity contribution in [1.29, 1.82) is 5.26 Å². The Morgan fingerprint density at radius 2 is 2.09 bits per heavy atom. The maximum absolute atomic E-state index is 12.0. The van der Waals surface area contributed by atoms with Gasteiger partial charge in [-0.1, -0.05) is 0 Å². The molecule has 124 valence electrons. The van der Waals surface area contributed by atoms with Crippen LogP contribution in [0.25, 0.3) is 6.08 Å². The van der Waals surface area contributed by atoms with Crippen LogP contribution in [0, 0.1) is 25.2 Å². The number of ether oxygens (including phenoxy) is 1. The number of nitriles is 1. The molecule has 1 rings (SSSR count). The average Bonchev–Trinajstić information content (AvgIpc) is 2.70. The van der Waals surface area contributed by atoms with E-state index in [1.165, 1.54) is 10.8 Å². The average molecular weight is 318 g/mol. The highest BCUT2D eigenvalue weighted by molar-refractivity contribution is 6.02. The van der Waals surface area contributed by atoms with Gasteiger partial charge in [0.25, 0.3) is 5.91 Å². The second-order valence-electron chi connectivity index (χ2n) is 5.35. The molecule has 0 aliphatic rings. The fourth-order valence-corrected chi connectivity index (χ4v) is 2.04. The summed E-state index contributed by atoms with van der Waals surface area (Å²) >= 11 is 0. The summed E-state index contributed by atoms with van der Waals surface area (Å²) in [7, 11) is 0. The van der Waals surface area contributed by atoms with Gasteiger partial charge in [-0.05, 0) is 40.7 Å². The highest BCUT2D eigenvalue weighted by atomic mass is 16.5. The molecule has 0 radical (unpaired) electrons. The number of carbonyl (C=O) groups excluding carboxylic acids is 2. The molecule has 0 spiro atoms. The second-order valence-corrected chi connectivity index (χ2v) is 5.35. The number of carbonyl (C=O) groups is 2. The molecule has 1 aromatic heterocycles. The Balaban J connectivity index is 3.11. The first-order chi connectivity index (χ1) is 10.8. The van der Waals surface area contributed by atoms with Gasteiger partial charge in [0, 0.05) is 17.3 Å². The van der Waals surface area contributed by atoms with Crippen LogP contribution >= 0.6 is 0 Å². The fourth-order valence-electron chi connectivity index (χ4n) is 2.04. The molecule has 0 aliphatic carbocycles. The first-order valence-corrected chi connectivity index (χ1v) is 7.42. The Morgan fingerprint density at radius 3 is 2.61 bits per heavy atom. The van der Waals surface area contributed by atoms with Crippen LogP contribution in [-0.4, -0.2) is 34.3 Å². The van der Waals surface area contributed by atoms with Crippen LogP contribution in [0.5, 0.6) is 0 Å². The van der Waals surface area contributed by atoms with E-state index < -0.39 is 5.91 Å². The zero-order valence-electron chi connectivity index (χ0n) is 14.1. The molecule has 1 aromatic rings. The summed E-state index contributed by atoms with van der Waals surface area (Å²) in [6.45, 7) is 9.21. The van der Waals surface area contributed by atoms with Crippen LogP contribution in [0.15, 0.2) is 5.57 Å². The number of nitrogens with one attached hydrogen (secondary N) is 1. The van der Waals surface area contributed by atoms with Gasteiger partial charge in [0.1, 0.15) is 18.2 Å². The molecule has 0 saturated carbocycles. The number of nitrogens with zero attached hydrogens (tertiary/aromatic N) is 3. The molecule has 23 heavy (non-hydrogen) atoms. The summed E-state index contributed by atoms with van der Waals surface area (Å²) in [6.07, 6.45) is 1.50. The zero-order valence-corrected chi connectivity index (χ0v) is 14.1. The lowest BCUT2D eigenvalue weighted by Gasteiger charge is -2.07. The SMILES string of the molecule is CCOC(=O)Cn1nc(C)c(/C=C(\C#N)C(=O)NC(C)C)c1C. The summed E-state index contributed by atoms with van der Waals surface area (Å²) in [5, 5.41) is 16.1. The molecule has 0 fully saturated rings. The van der Waals surface area contributed by atoms with E-state index in [1.807, 2.05) is 19.9 Å². The van der Waals surface area contributed by atoms with Gasteiger partial charge < -0.3 is 10.1 Å². The minimum atomic E-state index is -0.431. The molecule has 1 heterocycles. The highest BCUT2D eigenvalue weighted by Gasteiger charge is 2.16. The van der Waals surface area contributed by atoms with Gasteiger partial charge in [-0.3, -0.25) is 14.3 Å². The lowest BCUT2D eigenvalue weighted by atomic mass is 10.1. The van der Waals surface area contributed by atoms with E-state index in [1.54, 1.807) is 20.8 Å². The molecule has 7 heteroatoms. The Hall–Kier alpha value is -2.62. The number of esters is 1. The molecule has 0 bridgehead atoms. The molecule has 7 nitrogen and oxygen atoms in total. The van der Waals surface area contributed by atoms with E-state index in [4.69, 9.17) is 4.74 Å². The Kier molecular flexibility index (Phi) is 6.51. The summed E-state index contributed by atoms with van der Waals surface area (Å²) in [5.74, 6) is -0.814. The Bertz CT molecular complexity index is 666. The first kappa shape index (κ1) is 18.4. The van der Waals surface area contributed by atoms with Gasteiger partial charge in [0.2, 0.25) is 0 Å². The van der Waals surface area contributed by atoms with E-state index >= 15 is 0 Å². The molecule has 1 N–H and O–H groups in total. The van der Waals surface area contributed by atoms with E-state index in [2.05, 4.69) is 10.4 Å². The van der Waals surface area contributed by atoms with Crippen molar-refractivity contribution in [3.63, 3.8) is 0 Å². The van der Waals surface area contributed by atoms with Gasteiger partial charge in [-0.15, -0.1) is 0 Å². The zero-order chi connectivity index (χ0) is 17.6. The van der Waals surface area contributed by atoms with Crippen molar-refractivity contribution < 1.29 is 14.3 Å². The molecule has 0 saturated heterocycles. The minimum Gasteiger partial charge on any atom is -0.465 e. The smallest absolute Gasteiger partial charge is 0.327 e. The number of hydrogen-bond donors (Lipinski definition) is 1. The maximum atomic E-state index is 12.0.